The molecular weight excluding hydrogens is 307 g/mol. The van der Waals surface area contributed by atoms with Gasteiger partial charge in [0.05, 0.1) is 0 Å². The van der Waals surface area contributed by atoms with E-state index in [9.17, 15) is 0 Å². The number of allylic oxidation sites excluding steroid dienone is 1. The van der Waals surface area contributed by atoms with Crippen molar-refractivity contribution in [3.8, 4) is 0 Å². The van der Waals surface area contributed by atoms with E-state index in [0.717, 1.165) is 19.3 Å². The van der Waals surface area contributed by atoms with Gasteiger partial charge >= 0.3 is 0 Å². The standard InChI is InChI=1S/C18H29N2PS/c1-7-20(8-2)21(22,9-3)14-17-18(4,5)15-12-10-11-13-16(15)19(17)6/h10-14H,7-9H2,1-6H3/b17-14+. The number of hydrogen-bond acceptors (Lipinski definition) is 2. The van der Waals surface area contributed by atoms with Crippen LogP contribution in [0.25, 0.3) is 0 Å². The van der Waals surface area contributed by atoms with E-state index in [0.29, 0.717) is 0 Å². The van der Waals surface area contributed by atoms with Crippen LogP contribution < -0.4 is 4.90 Å². The molecule has 1 aliphatic rings. The predicted octanol–water partition coefficient (Wildman–Crippen LogP) is 5.01. The molecule has 1 unspecified atom stereocenters. The molecule has 2 rings (SSSR count). The first kappa shape index (κ1) is 17.7. The number of hydrogen-bond donors (Lipinski definition) is 0. The number of benzene rings is 1. The minimum Gasteiger partial charge on any atom is -0.347 e. The minimum absolute atomic E-state index is 0.0255. The highest BCUT2D eigenvalue weighted by molar-refractivity contribution is 8.15. The van der Waals surface area contributed by atoms with Crippen LogP contribution in [-0.2, 0) is 17.2 Å². The van der Waals surface area contributed by atoms with Crippen molar-refractivity contribution in [3.63, 3.8) is 0 Å². The summed E-state index contributed by atoms with van der Waals surface area (Å²) in [5.74, 6) is 2.44. The highest BCUT2D eigenvalue weighted by Gasteiger charge is 2.39. The third-order valence-corrected chi connectivity index (χ3v) is 9.79. The van der Waals surface area contributed by atoms with E-state index in [-0.39, 0.29) is 5.41 Å². The normalized spacial score (nSPS) is 21.2. The van der Waals surface area contributed by atoms with Crippen LogP contribution in [-0.4, -0.2) is 31.0 Å². The van der Waals surface area contributed by atoms with Crippen LogP contribution in [0.1, 0.15) is 40.2 Å². The van der Waals surface area contributed by atoms with Gasteiger partial charge in [0.1, 0.15) is 0 Å². The molecule has 122 valence electrons. The van der Waals surface area contributed by atoms with Gasteiger partial charge in [-0.2, -0.15) is 0 Å². The molecule has 1 aliphatic heterocycles. The van der Waals surface area contributed by atoms with E-state index in [1.165, 1.54) is 16.9 Å². The number of nitrogens with zero attached hydrogens (tertiary/aromatic N) is 2. The van der Waals surface area contributed by atoms with Crippen molar-refractivity contribution in [2.45, 2.75) is 40.0 Å². The fourth-order valence-corrected chi connectivity index (χ4v) is 7.07. The number of anilines is 1. The number of likely N-dealkylation sites (N-methyl/N-ethyl adjacent to an activating group) is 1. The van der Waals surface area contributed by atoms with Crippen LogP contribution >= 0.6 is 6.19 Å². The zero-order valence-electron chi connectivity index (χ0n) is 14.8. The van der Waals surface area contributed by atoms with Gasteiger partial charge in [0.2, 0.25) is 0 Å². The lowest BCUT2D eigenvalue weighted by Gasteiger charge is -2.34. The predicted molar refractivity (Wildman–Crippen MR) is 104 cm³/mol. The van der Waals surface area contributed by atoms with Gasteiger partial charge in [-0.05, 0) is 23.6 Å². The quantitative estimate of drug-likeness (QED) is 0.698. The van der Waals surface area contributed by atoms with Crippen LogP contribution in [0, 0.1) is 0 Å². The maximum absolute atomic E-state index is 6.16. The van der Waals surface area contributed by atoms with E-state index in [4.69, 9.17) is 11.8 Å². The molecule has 0 saturated heterocycles. The van der Waals surface area contributed by atoms with E-state index < -0.39 is 6.19 Å². The summed E-state index contributed by atoms with van der Waals surface area (Å²) in [5, 5.41) is 0. The van der Waals surface area contributed by atoms with Gasteiger partial charge in [-0.25, -0.2) is 0 Å². The maximum atomic E-state index is 6.16. The summed E-state index contributed by atoms with van der Waals surface area (Å²) >= 11 is 6.16. The fourth-order valence-electron chi connectivity index (χ4n) is 3.50. The van der Waals surface area contributed by atoms with Crippen molar-refractivity contribution < 1.29 is 0 Å². The third-order valence-electron chi connectivity index (χ3n) is 4.93. The summed E-state index contributed by atoms with van der Waals surface area (Å²) in [5.41, 5.74) is 4.11. The molecule has 2 nitrogen and oxygen atoms in total. The number of para-hydroxylation sites is 1. The second kappa shape index (κ2) is 6.47. The summed E-state index contributed by atoms with van der Waals surface area (Å²) in [6.07, 6.45) is -0.593. The first-order chi connectivity index (χ1) is 10.3. The number of fused-ring (bicyclic) bond motifs is 1. The Morgan fingerprint density at radius 2 is 1.77 bits per heavy atom. The summed E-state index contributed by atoms with van der Waals surface area (Å²) in [6, 6.07) is 8.72. The highest BCUT2D eigenvalue weighted by atomic mass is 32.4. The molecule has 1 aromatic rings. The van der Waals surface area contributed by atoms with Crippen LogP contribution in [0.15, 0.2) is 35.8 Å². The van der Waals surface area contributed by atoms with Gasteiger partial charge < -0.3 is 4.90 Å². The largest absolute Gasteiger partial charge is 0.347 e. The van der Waals surface area contributed by atoms with E-state index in [1.807, 2.05) is 0 Å². The van der Waals surface area contributed by atoms with Gasteiger partial charge in [-0.3, -0.25) is 4.67 Å². The van der Waals surface area contributed by atoms with E-state index >= 15 is 0 Å². The molecule has 1 aromatic carbocycles. The maximum Gasteiger partial charge on any atom is 0.0448 e. The Balaban J connectivity index is 2.55. The van der Waals surface area contributed by atoms with Crippen LogP contribution in [0.5, 0.6) is 0 Å². The average Bonchev–Trinajstić information content (AvgIpc) is 2.70. The Labute approximate surface area is 141 Å². The molecular formula is C18H29N2PS. The lowest BCUT2D eigenvalue weighted by atomic mass is 9.84. The van der Waals surface area contributed by atoms with Crippen LogP contribution in [0.4, 0.5) is 5.69 Å². The molecule has 0 radical (unpaired) electrons. The van der Waals surface area contributed by atoms with Crippen molar-refractivity contribution >= 4 is 23.7 Å². The molecule has 0 aliphatic carbocycles. The average molecular weight is 336 g/mol. The first-order valence-electron chi connectivity index (χ1n) is 8.22. The zero-order valence-corrected chi connectivity index (χ0v) is 16.5. The zero-order chi connectivity index (χ0) is 16.5. The van der Waals surface area contributed by atoms with E-state index in [1.54, 1.807) is 0 Å². The van der Waals surface area contributed by atoms with Crippen molar-refractivity contribution in [1.29, 1.82) is 0 Å². The van der Waals surface area contributed by atoms with E-state index in [2.05, 4.69) is 81.3 Å². The summed E-state index contributed by atoms with van der Waals surface area (Å²) in [4.78, 5) is 2.34. The van der Waals surface area contributed by atoms with Gasteiger partial charge in [-0.1, -0.05) is 64.6 Å². The first-order valence-corrected chi connectivity index (χ1v) is 11.2. The Morgan fingerprint density at radius 3 is 2.27 bits per heavy atom. The summed E-state index contributed by atoms with van der Waals surface area (Å²) in [6.45, 7) is 13.4. The molecule has 0 spiro atoms. The van der Waals surface area contributed by atoms with Crippen molar-refractivity contribution in [2.24, 2.45) is 0 Å². The Bertz CT molecular complexity index is 617. The molecule has 0 fully saturated rings. The van der Waals surface area contributed by atoms with Crippen LogP contribution in [0.2, 0.25) is 0 Å². The molecule has 0 saturated carbocycles. The second-order valence-corrected chi connectivity index (χ2v) is 11.3. The lowest BCUT2D eigenvalue weighted by Crippen LogP contribution is -2.25. The van der Waals surface area contributed by atoms with Gasteiger partial charge in [0.25, 0.3) is 0 Å². The fraction of sp³-hybridized carbons (Fsp3) is 0.556. The molecule has 1 atom stereocenters. The van der Waals surface area contributed by atoms with Gasteiger partial charge in [0.15, 0.2) is 0 Å². The molecule has 0 bridgehead atoms. The monoisotopic (exact) mass is 336 g/mol. The minimum atomic E-state index is -1.64. The Hall–Kier alpha value is -0.630. The van der Waals surface area contributed by atoms with Crippen molar-refractivity contribution in [1.82, 2.24) is 4.67 Å². The molecule has 4 heteroatoms. The smallest absolute Gasteiger partial charge is 0.0448 e. The second-order valence-electron chi connectivity index (χ2n) is 6.43. The topological polar surface area (TPSA) is 6.48 Å². The van der Waals surface area contributed by atoms with Crippen molar-refractivity contribution in [3.05, 3.63) is 41.3 Å². The molecule has 0 amide bonds. The third kappa shape index (κ3) is 2.79. The Kier molecular flexibility index (Phi) is 5.21. The summed E-state index contributed by atoms with van der Waals surface area (Å²) < 4.78 is 2.49. The van der Waals surface area contributed by atoms with Crippen LogP contribution in [0.3, 0.4) is 0 Å². The molecule has 0 aromatic heterocycles. The van der Waals surface area contributed by atoms with Gasteiger partial charge in [0, 0.05) is 43.1 Å². The SMILES string of the molecule is CCN(CC)P(=S)(/C=C1/N(C)c2ccccc2C1(C)C)CC. The Morgan fingerprint density at radius 1 is 1.18 bits per heavy atom. The molecule has 0 N–H and O–H groups in total. The molecule has 22 heavy (non-hydrogen) atoms. The summed E-state index contributed by atoms with van der Waals surface area (Å²) in [7, 11) is 2.18. The number of rotatable bonds is 5. The van der Waals surface area contributed by atoms with Crippen molar-refractivity contribution in [2.75, 3.05) is 31.2 Å². The lowest BCUT2D eigenvalue weighted by molar-refractivity contribution is 0.508. The molecule has 1 heterocycles. The van der Waals surface area contributed by atoms with Gasteiger partial charge in [-0.15, -0.1) is 0 Å². The highest BCUT2D eigenvalue weighted by Crippen LogP contribution is 2.56.